The molecule has 0 radical (unpaired) electrons. The lowest BCUT2D eigenvalue weighted by Gasteiger charge is -2.18. The van der Waals surface area contributed by atoms with Crippen molar-refractivity contribution in [3.05, 3.63) is 35.9 Å². The van der Waals surface area contributed by atoms with Crippen molar-refractivity contribution in [2.75, 3.05) is 26.2 Å². The molecule has 0 fully saturated rings. The molecule has 3 aromatic carbocycles. The summed E-state index contributed by atoms with van der Waals surface area (Å²) < 4.78 is 21.3. The zero-order valence-corrected chi connectivity index (χ0v) is 14.0. The van der Waals surface area contributed by atoms with E-state index in [1.54, 1.807) is 12.1 Å². The highest BCUT2D eigenvalue weighted by atomic mass is 16.8. The maximum Gasteiger partial charge on any atom is 0.338 e. The van der Waals surface area contributed by atoms with Crippen LogP contribution in [-0.4, -0.2) is 37.4 Å². The maximum absolute atomic E-state index is 12.3. The molecule has 1 aliphatic rings. The summed E-state index contributed by atoms with van der Waals surface area (Å²) in [6, 6.07) is 8.36. The van der Waals surface area contributed by atoms with Crippen LogP contribution in [0.5, 0.6) is 17.2 Å². The van der Waals surface area contributed by atoms with Crippen LogP contribution in [0.3, 0.4) is 0 Å². The monoisotopic (exact) mass is 357 g/mol. The van der Waals surface area contributed by atoms with E-state index in [1.807, 2.05) is 6.07 Å². The fourth-order valence-electron chi connectivity index (χ4n) is 3.29. The molecule has 0 aromatic heterocycles. The van der Waals surface area contributed by atoms with Gasteiger partial charge in [0.05, 0.1) is 19.8 Å². The molecule has 1 heterocycles. The SMILES string of the molecule is COC(=O)c1cc2c(c3c1c(N(O)O)cc1c(OC)cccc13)OCO2. The minimum absolute atomic E-state index is 0.00723. The number of hydrogen-bond acceptors (Lipinski definition) is 8. The van der Waals surface area contributed by atoms with E-state index in [4.69, 9.17) is 18.9 Å². The van der Waals surface area contributed by atoms with Crippen molar-refractivity contribution in [1.82, 2.24) is 0 Å². The van der Waals surface area contributed by atoms with E-state index in [1.165, 1.54) is 26.4 Å². The Morgan fingerprint density at radius 2 is 1.92 bits per heavy atom. The summed E-state index contributed by atoms with van der Waals surface area (Å²) in [6.45, 7) is -0.00723. The molecule has 0 atom stereocenters. The Morgan fingerprint density at radius 3 is 2.62 bits per heavy atom. The van der Waals surface area contributed by atoms with Crippen LogP contribution in [0, 0.1) is 0 Å². The first-order chi connectivity index (χ1) is 12.6. The van der Waals surface area contributed by atoms with E-state index in [0.717, 1.165) is 0 Å². The van der Waals surface area contributed by atoms with Crippen molar-refractivity contribution in [2.45, 2.75) is 0 Å². The second kappa shape index (κ2) is 5.94. The van der Waals surface area contributed by atoms with Crippen molar-refractivity contribution >= 4 is 33.2 Å². The molecule has 1 aliphatic heterocycles. The van der Waals surface area contributed by atoms with Crippen LogP contribution in [0.4, 0.5) is 5.69 Å². The van der Waals surface area contributed by atoms with Gasteiger partial charge >= 0.3 is 5.97 Å². The predicted octanol–water partition coefficient (Wildman–Crippen LogP) is 3.10. The smallest absolute Gasteiger partial charge is 0.338 e. The van der Waals surface area contributed by atoms with Crippen molar-refractivity contribution in [1.29, 1.82) is 0 Å². The Bertz CT molecular complexity index is 1050. The number of hydrogen-bond donors (Lipinski definition) is 2. The van der Waals surface area contributed by atoms with Gasteiger partial charge in [-0.3, -0.25) is 10.4 Å². The van der Waals surface area contributed by atoms with Gasteiger partial charge in [0.15, 0.2) is 11.5 Å². The van der Waals surface area contributed by atoms with Gasteiger partial charge in [-0.05, 0) is 23.6 Å². The second-order valence-electron chi connectivity index (χ2n) is 5.64. The number of anilines is 1. The molecule has 3 aromatic rings. The van der Waals surface area contributed by atoms with E-state index >= 15 is 0 Å². The molecular weight excluding hydrogens is 342 g/mol. The van der Waals surface area contributed by atoms with Gasteiger partial charge in [-0.15, -0.1) is 5.23 Å². The molecule has 0 saturated carbocycles. The third-order valence-electron chi connectivity index (χ3n) is 4.38. The number of carbonyl (C=O) groups excluding carboxylic acids is 1. The number of esters is 1. The van der Waals surface area contributed by atoms with E-state index in [-0.39, 0.29) is 28.7 Å². The Kier molecular flexibility index (Phi) is 3.71. The molecule has 0 saturated heterocycles. The molecule has 8 heteroatoms. The fourth-order valence-corrected chi connectivity index (χ4v) is 3.29. The number of rotatable bonds is 3. The predicted molar refractivity (Wildman–Crippen MR) is 91.5 cm³/mol. The van der Waals surface area contributed by atoms with Crippen LogP contribution in [-0.2, 0) is 4.74 Å². The summed E-state index contributed by atoms with van der Waals surface area (Å²) in [5.74, 6) is 0.679. The molecule has 0 bridgehead atoms. The molecule has 8 nitrogen and oxygen atoms in total. The van der Waals surface area contributed by atoms with Gasteiger partial charge in [0, 0.05) is 16.2 Å². The highest BCUT2D eigenvalue weighted by Crippen LogP contribution is 2.48. The zero-order valence-electron chi connectivity index (χ0n) is 14.0. The fraction of sp³-hybridized carbons (Fsp3) is 0.167. The summed E-state index contributed by atoms with van der Waals surface area (Å²) in [5.41, 5.74) is 0.107. The van der Waals surface area contributed by atoms with Gasteiger partial charge in [0.25, 0.3) is 0 Å². The number of methoxy groups -OCH3 is 2. The van der Waals surface area contributed by atoms with Crippen LogP contribution in [0.1, 0.15) is 10.4 Å². The standard InChI is InChI=1S/C18H15NO7/c1-23-13-5-3-4-9-10(13)6-12(19(21)22)15-11(18(20)24-2)7-14-17(16(9)15)26-8-25-14/h3-7,21-22H,8H2,1-2H3. The van der Waals surface area contributed by atoms with Crippen LogP contribution >= 0.6 is 0 Å². The first kappa shape index (κ1) is 16.2. The van der Waals surface area contributed by atoms with Crippen molar-refractivity contribution < 1.29 is 34.2 Å². The van der Waals surface area contributed by atoms with Crippen LogP contribution in [0.25, 0.3) is 21.5 Å². The largest absolute Gasteiger partial charge is 0.496 e. The summed E-state index contributed by atoms with van der Waals surface area (Å²) in [4.78, 5) is 12.3. The summed E-state index contributed by atoms with van der Waals surface area (Å²) in [6.07, 6.45) is 0. The number of carbonyl (C=O) groups is 1. The highest BCUT2D eigenvalue weighted by Gasteiger charge is 2.28. The summed E-state index contributed by atoms with van der Waals surface area (Å²) in [5, 5.41) is 21.6. The van der Waals surface area contributed by atoms with Crippen molar-refractivity contribution in [3.8, 4) is 17.2 Å². The first-order valence-electron chi connectivity index (χ1n) is 7.69. The average molecular weight is 357 g/mol. The first-order valence-corrected chi connectivity index (χ1v) is 7.69. The Labute approximate surface area is 147 Å². The van der Waals surface area contributed by atoms with Crippen molar-refractivity contribution in [3.63, 3.8) is 0 Å². The second-order valence-corrected chi connectivity index (χ2v) is 5.64. The maximum atomic E-state index is 12.3. The molecule has 0 unspecified atom stereocenters. The summed E-state index contributed by atoms with van der Waals surface area (Å²) >= 11 is 0. The Balaban J connectivity index is 2.28. The van der Waals surface area contributed by atoms with Crippen LogP contribution < -0.4 is 19.4 Å². The number of fused-ring (bicyclic) bond motifs is 5. The molecule has 2 N–H and O–H groups in total. The van der Waals surface area contributed by atoms with E-state index in [0.29, 0.717) is 33.4 Å². The minimum Gasteiger partial charge on any atom is -0.496 e. The highest BCUT2D eigenvalue weighted by molar-refractivity contribution is 6.23. The molecular formula is C18H15NO7. The number of benzene rings is 3. The van der Waals surface area contributed by atoms with Gasteiger partial charge < -0.3 is 18.9 Å². The lowest BCUT2D eigenvalue weighted by molar-refractivity contribution is 0.0300. The molecule has 0 amide bonds. The van der Waals surface area contributed by atoms with Gasteiger partial charge in [-0.2, -0.15) is 0 Å². The molecule has 26 heavy (non-hydrogen) atoms. The van der Waals surface area contributed by atoms with E-state index in [9.17, 15) is 15.2 Å². The van der Waals surface area contributed by atoms with Crippen LogP contribution in [0.2, 0.25) is 0 Å². The van der Waals surface area contributed by atoms with Gasteiger partial charge in [-0.25, -0.2) is 4.79 Å². The Morgan fingerprint density at radius 1 is 1.12 bits per heavy atom. The van der Waals surface area contributed by atoms with E-state index in [2.05, 4.69) is 0 Å². The summed E-state index contributed by atoms with van der Waals surface area (Å²) in [7, 11) is 2.77. The van der Waals surface area contributed by atoms with Gasteiger partial charge in [-0.1, -0.05) is 12.1 Å². The lowest BCUT2D eigenvalue weighted by Crippen LogP contribution is -2.13. The normalized spacial score (nSPS) is 12.5. The quantitative estimate of drug-likeness (QED) is 0.419. The topological polar surface area (TPSA) is 97.7 Å². The molecule has 0 aliphatic carbocycles. The average Bonchev–Trinajstić information content (AvgIpc) is 3.13. The molecule has 134 valence electrons. The minimum atomic E-state index is -0.640. The third kappa shape index (κ3) is 2.20. The number of ether oxygens (including phenoxy) is 4. The lowest BCUT2D eigenvalue weighted by atomic mass is 9.95. The van der Waals surface area contributed by atoms with Gasteiger partial charge in [0.2, 0.25) is 6.79 Å². The Hall–Kier alpha value is -3.23. The molecule has 0 spiro atoms. The number of nitrogens with zero attached hydrogens (tertiary/aromatic N) is 1. The zero-order chi connectivity index (χ0) is 18.4. The molecule has 4 rings (SSSR count). The van der Waals surface area contributed by atoms with Gasteiger partial charge in [0.1, 0.15) is 11.4 Å². The van der Waals surface area contributed by atoms with Crippen LogP contribution in [0.15, 0.2) is 30.3 Å². The van der Waals surface area contributed by atoms with Crippen molar-refractivity contribution in [2.24, 2.45) is 0 Å². The van der Waals surface area contributed by atoms with E-state index < -0.39 is 5.97 Å². The third-order valence-corrected chi connectivity index (χ3v) is 4.38.